The maximum absolute atomic E-state index is 11.7. The second-order valence-corrected chi connectivity index (χ2v) is 4.23. The number of allylic oxidation sites excluding steroid dienone is 1. The normalized spacial score (nSPS) is 11.2. The Morgan fingerprint density at radius 3 is 2.43 bits per heavy atom. The van der Waals surface area contributed by atoms with E-state index in [2.05, 4.69) is 16.0 Å². The Kier molecular flexibility index (Phi) is 5.74. The molecular weight excluding hydrogens is 298 g/mol. The van der Waals surface area contributed by atoms with Crippen LogP contribution in [0.15, 0.2) is 28.9 Å². The van der Waals surface area contributed by atoms with Gasteiger partial charge in [-0.3, -0.25) is 14.4 Å². The first-order chi connectivity index (χ1) is 9.96. The van der Waals surface area contributed by atoms with Crippen molar-refractivity contribution in [2.45, 2.75) is 0 Å². The smallest absolute Gasteiger partial charge is 0.269 e. The molecule has 4 N–H and O–H groups in total. The van der Waals surface area contributed by atoms with E-state index in [0.717, 1.165) is 0 Å². The summed E-state index contributed by atoms with van der Waals surface area (Å²) >= 11 is 5.66. The van der Waals surface area contributed by atoms with Crippen LogP contribution in [-0.4, -0.2) is 37.3 Å². The van der Waals surface area contributed by atoms with Gasteiger partial charge in [-0.15, -0.1) is 0 Å². The molecule has 0 atom stereocenters. The number of para-hydroxylation sites is 1. The molecule has 0 radical (unpaired) electrons. The molecule has 0 aromatic heterocycles. The lowest BCUT2D eigenvalue weighted by Gasteiger charge is -2.13. The van der Waals surface area contributed by atoms with E-state index in [0.29, 0.717) is 6.29 Å². The Balaban J connectivity index is 3.26. The second kappa shape index (κ2) is 7.30. The van der Waals surface area contributed by atoms with Gasteiger partial charge in [0.15, 0.2) is 12.0 Å². The highest BCUT2D eigenvalue weighted by Gasteiger charge is 2.18. The number of halogens is 1. The number of rotatable bonds is 5. The molecule has 8 heteroatoms. The number of hydrogen-bond donors (Lipinski definition) is 4. The quantitative estimate of drug-likeness (QED) is 0.361. The predicted octanol–water partition coefficient (Wildman–Crippen LogP) is 0.559. The van der Waals surface area contributed by atoms with Crippen molar-refractivity contribution in [2.24, 2.45) is 0 Å². The van der Waals surface area contributed by atoms with E-state index in [1.54, 1.807) is 0 Å². The highest BCUT2D eigenvalue weighted by atomic mass is 35.5. The fraction of sp³-hybridized carbons (Fsp3) is 0.154. The van der Waals surface area contributed by atoms with E-state index >= 15 is 0 Å². The number of aldehydes is 1. The van der Waals surface area contributed by atoms with Gasteiger partial charge in [0.2, 0.25) is 0 Å². The summed E-state index contributed by atoms with van der Waals surface area (Å²) in [6, 6.07) is 4.34. The van der Waals surface area contributed by atoms with Crippen molar-refractivity contribution >= 4 is 35.4 Å². The van der Waals surface area contributed by atoms with Crippen LogP contribution in [0.3, 0.4) is 0 Å². The number of benzene rings is 1. The van der Waals surface area contributed by atoms with Crippen molar-refractivity contribution in [1.29, 1.82) is 0 Å². The van der Waals surface area contributed by atoms with Gasteiger partial charge in [0, 0.05) is 14.1 Å². The van der Waals surface area contributed by atoms with Crippen molar-refractivity contribution in [2.75, 3.05) is 19.4 Å². The van der Waals surface area contributed by atoms with Crippen LogP contribution in [0, 0.1) is 0 Å². The second-order valence-electron chi connectivity index (χ2n) is 3.83. The predicted molar refractivity (Wildman–Crippen MR) is 78.1 cm³/mol. The van der Waals surface area contributed by atoms with Crippen molar-refractivity contribution in [3.8, 4) is 5.75 Å². The number of aromatic hydroxyl groups is 1. The van der Waals surface area contributed by atoms with Crippen LogP contribution in [0.2, 0.25) is 0 Å². The van der Waals surface area contributed by atoms with Crippen molar-refractivity contribution < 1.29 is 19.5 Å². The summed E-state index contributed by atoms with van der Waals surface area (Å²) in [5, 5.41) is 16.9. The lowest BCUT2D eigenvalue weighted by Crippen LogP contribution is -2.26. The molecule has 21 heavy (non-hydrogen) atoms. The first kappa shape index (κ1) is 16.5. The topological polar surface area (TPSA) is 108 Å². The highest BCUT2D eigenvalue weighted by Crippen LogP contribution is 2.29. The van der Waals surface area contributed by atoms with E-state index in [1.807, 2.05) is 0 Å². The number of phenolic OH excluding ortho intramolecular Hbond substituents is 1. The first-order valence-electron chi connectivity index (χ1n) is 5.84. The summed E-state index contributed by atoms with van der Waals surface area (Å²) in [6.45, 7) is 0. The molecule has 0 saturated heterocycles. The average Bonchev–Trinajstić information content (AvgIpc) is 2.51. The Morgan fingerprint density at radius 1 is 1.24 bits per heavy atom. The third-order valence-electron chi connectivity index (χ3n) is 2.56. The van der Waals surface area contributed by atoms with Crippen molar-refractivity contribution in [3.63, 3.8) is 0 Å². The summed E-state index contributed by atoms with van der Waals surface area (Å²) in [7, 11) is 2.78. The van der Waals surface area contributed by atoms with Crippen molar-refractivity contribution in [1.82, 2.24) is 10.6 Å². The standard InChI is InChI=1S/C13H14ClN3O4/c1-15-12(20)7-4-3-5-9(11(7)19)17-10(8(14)6-18)13(21)16-2/h3-6,17,19H,1-2H3,(H,15,20)(H,16,21)/b10-8-. The molecule has 0 aliphatic heterocycles. The molecule has 0 aliphatic carbocycles. The van der Waals surface area contributed by atoms with Gasteiger partial charge in [0.25, 0.3) is 11.8 Å². The van der Waals surface area contributed by atoms with Gasteiger partial charge in [-0.2, -0.15) is 0 Å². The molecule has 0 heterocycles. The highest BCUT2D eigenvalue weighted by molar-refractivity contribution is 6.41. The van der Waals surface area contributed by atoms with Gasteiger partial charge in [0.1, 0.15) is 10.7 Å². The Bertz CT molecular complexity index is 613. The summed E-state index contributed by atoms with van der Waals surface area (Å²) in [5.41, 5.74) is -0.158. The van der Waals surface area contributed by atoms with E-state index in [9.17, 15) is 19.5 Å². The summed E-state index contributed by atoms with van der Waals surface area (Å²) < 4.78 is 0. The fourth-order valence-corrected chi connectivity index (χ4v) is 1.64. The summed E-state index contributed by atoms with van der Waals surface area (Å²) in [4.78, 5) is 34.0. The van der Waals surface area contributed by atoms with Gasteiger partial charge in [-0.05, 0) is 12.1 Å². The minimum Gasteiger partial charge on any atom is -0.505 e. The van der Waals surface area contributed by atoms with Gasteiger partial charge in [0.05, 0.1) is 11.3 Å². The molecule has 0 saturated carbocycles. The molecule has 0 fully saturated rings. The van der Waals surface area contributed by atoms with Crippen molar-refractivity contribution in [3.05, 3.63) is 34.5 Å². The van der Waals surface area contributed by atoms with E-state index in [-0.39, 0.29) is 27.7 Å². The molecule has 0 unspecified atom stereocenters. The van der Waals surface area contributed by atoms with Crippen LogP contribution in [0.5, 0.6) is 5.75 Å². The number of anilines is 1. The van der Waals surface area contributed by atoms with Crippen LogP contribution in [0.4, 0.5) is 5.69 Å². The molecule has 7 nitrogen and oxygen atoms in total. The van der Waals surface area contributed by atoms with Crippen LogP contribution in [0.1, 0.15) is 10.4 Å². The molecule has 1 rings (SSSR count). The maximum atomic E-state index is 11.7. The average molecular weight is 312 g/mol. The monoisotopic (exact) mass is 311 g/mol. The number of hydrogen-bond acceptors (Lipinski definition) is 5. The van der Waals surface area contributed by atoms with Crippen LogP contribution in [0.25, 0.3) is 0 Å². The number of carbonyl (C=O) groups is 3. The maximum Gasteiger partial charge on any atom is 0.269 e. The molecule has 112 valence electrons. The fourth-order valence-electron chi connectivity index (χ4n) is 1.51. The summed E-state index contributed by atoms with van der Waals surface area (Å²) in [5.74, 6) is -1.51. The number of carbonyl (C=O) groups excluding carboxylic acids is 3. The zero-order valence-electron chi connectivity index (χ0n) is 11.4. The Hall–Kier alpha value is -2.54. The van der Waals surface area contributed by atoms with Gasteiger partial charge in [-0.25, -0.2) is 0 Å². The SMILES string of the molecule is CNC(=O)/C(Nc1cccc(C(=O)NC)c1O)=C(/Cl)C=O. The molecule has 1 aromatic carbocycles. The minimum atomic E-state index is -0.642. The molecule has 0 aliphatic rings. The molecule has 2 amide bonds. The number of likely N-dealkylation sites (N-methyl/N-ethyl adjacent to an activating group) is 1. The number of phenols is 1. The third-order valence-corrected chi connectivity index (χ3v) is 2.84. The largest absolute Gasteiger partial charge is 0.505 e. The Morgan fingerprint density at radius 2 is 1.90 bits per heavy atom. The van der Waals surface area contributed by atoms with Crippen LogP contribution >= 0.6 is 11.6 Å². The lowest BCUT2D eigenvalue weighted by atomic mass is 10.1. The van der Waals surface area contributed by atoms with Crippen LogP contribution < -0.4 is 16.0 Å². The first-order valence-corrected chi connectivity index (χ1v) is 6.22. The Labute approximate surface area is 126 Å². The van der Waals surface area contributed by atoms with Gasteiger partial charge in [-0.1, -0.05) is 17.7 Å². The van der Waals surface area contributed by atoms with E-state index in [4.69, 9.17) is 11.6 Å². The van der Waals surface area contributed by atoms with E-state index < -0.39 is 11.8 Å². The summed E-state index contributed by atoms with van der Waals surface area (Å²) in [6.07, 6.45) is 0.290. The molecule has 0 bridgehead atoms. The molecular formula is C13H14ClN3O4. The number of amides is 2. The van der Waals surface area contributed by atoms with Gasteiger partial charge >= 0.3 is 0 Å². The lowest BCUT2D eigenvalue weighted by molar-refractivity contribution is -0.117. The number of nitrogens with one attached hydrogen (secondary N) is 3. The minimum absolute atomic E-state index is 0.0148. The zero-order chi connectivity index (χ0) is 16.0. The van der Waals surface area contributed by atoms with Gasteiger partial charge < -0.3 is 21.1 Å². The third kappa shape index (κ3) is 3.73. The van der Waals surface area contributed by atoms with E-state index in [1.165, 1.54) is 32.3 Å². The van der Waals surface area contributed by atoms with Crippen LogP contribution in [-0.2, 0) is 9.59 Å². The zero-order valence-corrected chi connectivity index (χ0v) is 12.1. The molecule has 1 aromatic rings. The molecule has 0 spiro atoms.